The molecule has 2 heterocycles. The summed E-state index contributed by atoms with van der Waals surface area (Å²) in [7, 11) is 3.29. The molecule has 1 aliphatic heterocycles. The largest absolute Gasteiger partial charge is 0.439 e. The molecular formula is C23H23N5O7. The molecule has 12 nitrogen and oxygen atoms in total. The quantitative estimate of drug-likeness (QED) is 0.458. The van der Waals surface area contributed by atoms with E-state index in [9.17, 15) is 24.3 Å². The fourth-order valence-corrected chi connectivity index (χ4v) is 3.55. The van der Waals surface area contributed by atoms with Gasteiger partial charge in [-0.15, -0.1) is 0 Å². The maximum atomic E-state index is 13.0. The monoisotopic (exact) mass is 481 g/mol. The van der Waals surface area contributed by atoms with Gasteiger partial charge in [-0.3, -0.25) is 23.9 Å². The lowest BCUT2D eigenvalue weighted by Crippen LogP contribution is -2.55. The fraction of sp³-hybridized carbons (Fsp3) is 0.261. The van der Waals surface area contributed by atoms with Crippen LogP contribution >= 0.6 is 0 Å². The lowest BCUT2D eigenvalue weighted by Gasteiger charge is -2.34. The third-order valence-electron chi connectivity index (χ3n) is 5.38. The van der Waals surface area contributed by atoms with Crippen LogP contribution in [0.5, 0.6) is 0 Å². The predicted octanol–water partition coefficient (Wildman–Crippen LogP) is 0.463. The fourth-order valence-electron chi connectivity index (χ4n) is 3.55. The average Bonchev–Trinajstić information content (AvgIpc) is 3.30. The Morgan fingerprint density at radius 1 is 1.14 bits per heavy atom. The summed E-state index contributed by atoms with van der Waals surface area (Å²) in [5.41, 5.74) is 1.89. The van der Waals surface area contributed by atoms with Crippen molar-refractivity contribution in [2.45, 2.75) is 12.2 Å². The van der Waals surface area contributed by atoms with E-state index < -0.39 is 29.8 Å². The van der Waals surface area contributed by atoms with Gasteiger partial charge in [0, 0.05) is 43.1 Å². The molecule has 2 aromatic carbocycles. The highest BCUT2D eigenvalue weighted by Gasteiger charge is 2.39. The standard InChI is InChI=1S/C23H23N5O7/c1-27(2)21(31)14-5-9-16(10-6-14)28-11-12-34-18(22(28)32)17(29)20(30)24-15-7-3-13(4-8-15)19-25-23(33)35-26-19/h3-10,17-18,29H,11-12H2,1-2H3,(H,24,30)(H,25,26,33). The van der Waals surface area contributed by atoms with E-state index in [0.717, 1.165) is 0 Å². The topological polar surface area (TPSA) is 158 Å². The molecule has 0 radical (unpaired) electrons. The number of aliphatic hydroxyl groups excluding tert-OH is 1. The number of rotatable bonds is 6. The number of nitrogens with one attached hydrogen (secondary N) is 2. The predicted molar refractivity (Wildman–Crippen MR) is 124 cm³/mol. The average molecular weight is 481 g/mol. The molecule has 3 aromatic rings. The summed E-state index contributed by atoms with van der Waals surface area (Å²) >= 11 is 0. The van der Waals surface area contributed by atoms with Crippen LogP contribution in [0.2, 0.25) is 0 Å². The Hall–Kier alpha value is -4.29. The molecule has 0 spiro atoms. The van der Waals surface area contributed by atoms with Crippen molar-refractivity contribution in [2.24, 2.45) is 0 Å². The molecule has 3 amide bonds. The maximum Gasteiger partial charge on any atom is 0.439 e. The highest BCUT2D eigenvalue weighted by molar-refractivity contribution is 6.04. The Bertz CT molecular complexity index is 1280. The van der Waals surface area contributed by atoms with Crippen LogP contribution in [0.1, 0.15) is 10.4 Å². The second-order valence-electron chi connectivity index (χ2n) is 7.98. The van der Waals surface area contributed by atoms with Gasteiger partial charge in [0.2, 0.25) is 0 Å². The smallest absolute Gasteiger partial charge is 0.380 e. The number of H-pyrrole nitrogens is 1. The number of anilines is 2. The molecule has 0 saturated carbocycles. The van der Waals surface area contributed by atoms with Gasteiger partial charge in [0.05, 0.1) is 6.61 Å². The molecule has 1 aromatic heterocycles. The minimum absolute atomic E-state index is 0.115. The highest BCUT2D eigenvalue weighted by atomic mass is 16.5. The van der Waals surface area contributed by atoms with Crippen LogP contribution in [0.3, 0.4) is 0 Å². The SMILES string of the molecule is CN(C)C(=O)c1ccc(N2CCOC(C(O)C(=O)Nc3ccc(-c4noc(=O)[nH]4)cc3)C2=O)cc1. The number of ether oxygens (including phenoxy) is 1. The molecule has 1 aliphatic rings. The van der Waals surface area contributed by atoms with Crippen LogP contribution in [0.15, 0.2) is 57.8 Å². The Balaban J connectivity index is 1.41. The number of amides is 3. The van der Waals surface area contributed by atoms with E-state index in [4.69, 9.17) is 4.74 Å². The van der Waals surface area contributed by atoms with Gasteiger partial charge < -0.3 is 25.0 Å². The van der Waals surface area contributed by atoms with Crippen molar-refractivity contribution in [2.75, 3.05) is 37.5 Å². The molecule has 3 N–H and O–H groups in total. The van der Waals surface area contributed by atoms with E-state index in [2.05, 4.69) is 20.0 Å². The Labute approximate surface area is 199 Å². The van der Waals surface area contributed by atoms with Crippen molar-refractivity contribution in [3.8, 4) is 11.4 Å². The van der Waals surface area contributed by atoms with Crippen molar-refractivity contribution in [1.29, 1.82) is 0 Å². The first-order chi connectivity index (χ1) is 16.7. The second kappa shape index (κ2) is 9.91. The minimum atomic E-state index is -1.76. The summed E-state index contributed by atoms with van der Waals surface area (Å²) < 4.78 is 9.88. The van der Waals surface area contributed by atoms with E-state index in [0.29, 0.717) is 22.5 Å². The molecule has 1 fully saturated rings. The first-order valence-corrected chi connectivity index (χ1v) is 10.6. The van der Waals surface area contributed by atoms with E-state index in [-0.39, 0.29) is 24.9 Å². The third kappa shape index (κ3) is 5.13. The normalized spacial score (nSPS) is 16.6. The molecule has 0 aliphatic carbocycles. The van der Waals surface area contributed by atoms with Crippen LogP contribution in [0.25, 0.3) is 11.4 Å². The molecule has 35 heavy (non-hydrogen) atoms. The summed E-state index contributed by atoms with van der Waals surface area (Å²) in [5.74, 6) is -2.02. The number of hydrogen-bond acceptors (Lipinski definition) is 8. The van der Waals surface area contributed by atoms with E-state index in [1.807, 2.05) is 0 Å². The lowest BCUT2D eigenvalue weighted by molar-refractivity contribution is -0.150. The van der Waals surface area contributed by atoms with Gasteiger partial charge in [0.25, 0.3) is 17.7 Å². The number of aromatic amines is 1. The molecule has 4 rings (SSSR count). The van der Waals surface area contributed by atoms with Gasteiger partial charge in [0.15, 0.2) is 18.0 Å². The summed E-state index contributed by atoms with van der Waals surface area (Å²) in [4.78, 5) is 54.0. The lowest BCUT2D eigenvalue weighted by atomic mass is 10.1. The van der Waals surface area contributed by atoms with Gasteiger partial charge >= 0.3 is 5.76 Å². The zero-order chi connectivity index (χ0) is 25.1. The van der Waals surface area contributed by atoms with Gasteiger partial charge in [-0.2, -0.15) is 0 Å². The molecule has 0 bridgehead atoms. The molecule has 182 valence electrons. The van der Waals surface area contributed by atoms with Crippen LogP contribution in [-0.4, -0.2) is 77.3 Å². The Kier molecular flexibility index (Phi) is 6.75. The van der Waals surface area contributed by atoms with Crippen molar-refractivity contribution in [3.05, 3.63) is 64.6 Å². The number of nitrogens with zero attached hydrogens (tertiary/aromatic N) is 3. The van der Waals surface area contributed by atoms with Crippen molar-refractivity contribution < 1.29 is 28.8 Å². The second-order valence-corrected chi connectivity index (χ2v) is 7.98. The van der Waals surface area contributed by atoms with Gasteiger partial charge in [-0.25, -0.2) is 4.79 Å². The zero-order valence-corrected chi connectivity index (χ0v) is 18.9. The van der Waals surface area contributed by atoms with Crippen LogP contribution in [-0.2, 0) is 14.3 Å². The number of hydrogen-bond donors (Lipinski definition) is 3. The molecular weight excluding hydrogens is 458 g/mol. The minimum Gasteiger partial charge on any atom is -0.380 e. The van der Waals surface area contributed by atoms with Crippen LogP contribution in [0, 0.1) is 0 Å². The number of aromatic nitrogens is 2. The van der Waals surface area contributed by atoms with Crippen LogP contribution < -0.4 is 16.0 Å². The van der Waals surface area contributed by atoms with Crippen molar-refractivity contribution in [3.63, 3.8) is 0 Å². The van der Waals surface area contributed by atoms with E-state index in [1.54, 1.807) is 62.6 Å². The molecule has 2 unspecified atom stereocenters. The van der Waals surface area contributed by atoms with Crippen LogP contribution in [0.4, 0.5) is 11.4 Å². The maximum absolute atomic E-state index is 13.0. The summed E-state index contributed by atoms with van der Waals surface area (Å²) in [6.07, 6.45) is -3.15. The van der Waals surface area contributed by atoms with Crippen molar-refractivity contribution in [1.82, 2.24) is 15.0 Å². The first kappa shape index (κ1) is 23.9. The molecule has 1 saturated heterocycles. The number of aliphatic hydroxyl groups is 1. The van der Waals surface area contributed by atoms with E-state index >= 15 is 0 Å². The number of benzene rings is 2. The molecule has 12 heteroatoms. The Morgan fingerprint density at radius 3 is 2.43 bits per heavy atom. The highest BCUT2D eigenvalue weighted by Crippen LogP contribution is 2.22. The summed E-state index contributed by atoms with van der Waals surface area (Å²) in [6.45, 7) is 0.347. The van der Waals surface area contributed by atoms with E-state index in [1.165, 1.54) is 9.80 Å². The van der Waals surface area contributed by atoms with Crippen molar-refractivity contribution >= 4 is 29.1 Å². The van der Waals surface area contributed by atoms with Gasteiger partial charge in [-0.05, 0) is 48.5 Å². The zero-order valence-electron chi connectivity index (χ0n) is 18.9. The number of morpholine rings is 1. The van der Waals surface area contributed by atoms with Gasteiger partial charge in [-0.1, -0.05) is 5.16 Å². The first-order valence-electron chi connectivity index (χ1n) is 10.6. The Morgan fingerprint density at radius 2 is 1.83 bits per heavy atom. The summed E-state index contributed by atoms with van der Waals surface area (Å²) in [5, 5.41) is 16.7. The number of carbonyl (C=O) groups excluding carboxylic acids is 3. The van der Waals surface area contributed by atoms with Gasteiger partial charge in [0.1, 0.15) is 0 Å². The summed E-state index contributed by atoms with van der Waals surface area (Å²) in [6, 6.07) is 12.7. The third-order valence-corrected chi connectivity index (χ3v) is 5.38. The number of carbonyl (C=O) groups is 3. The molecule has 2 atom stereocenters.